The van der Waals surface area contributed by atoms with E-state index < -0.39 is 51.5 Å². The van der Waals surface area contributed by atoms with Gasteiger partial charge in [0.2, 0.25) is 6.10 Å². The monoisotopic (exact) mass is 1010 g/mol. The molecular formula is C59H96O13. The third kappa shape index (κ3) is 11.5. The van der Waals surface area contributed by atoms with Crippen molar-refractivity contribution in [1.82, 2.24) is 0 Å². The predicted octanol–water partition coefficient (Wildman–Crippen LogP) is 11.5. The van der Waals surface area contributed by atoms with Gasteiger partial charge in [-0.05, 0) is 214 Å². The van der Waals surface area contributed by atoms with Crippen LogP contribution in [0.2, 0.25) is 0 Å². The fourth-order valence-electron chi connectivity index (χ4n) is 14.1. The van der Waals surface area contributed by atoms with Gasteiger partial charge in [0, 0.05) is 18.8 Å². The maximum atomic E-state index is 12.7. The lowest BCUT2D eigenvalue weighted by molar-refractivity contribution is -0.225. The minimum absolute atomic E-state index is 0.0455. The third-order valence-electron chi connectivity index (χ3n) is 20.6. The Hall–Kier alpha value is -3.22. The van der Waals surface area contributed by atoms with E-state index >= 15 is 0 Å². The highest BCUT2D eigenvalue weighted by Gasteiger charge is 2.68. The van der Waals surface area contributed by atoms with E-state index in [4.69, 9.17) is 28.4 Å². The summed E-state index contributed by atoms with van der Waals surface area (Å²) >= 11 is 0. The maximum Gasteiger partial charge on any atom is 0.347 e. The number of cyclic esters (lactones) is 2. The van der Waals surface area contributed by atoms with Gasteiger partial charge in [0.1, 0.15) is 17.3 Å². The summed E-state index contributed by atoms with van der Waals surface area (Å²) in [7, 11) is 0. The van der Waals surface area contributed by atoms with E-state index in [-0.39, 0.29) is 46.5 Å². The minimum Gasteiger partial charge on any atom is -0.463 e. The van der Waals surface area contributed by atoms with Crippen LogP contribution in [0.4, 0.5) is 0 Å². The molecule has 8 aliphatic carbocycles. The van der Waals surface area contributed by atoms with Crippen LogP contribution in [-0.4, -0.2) is 82.1 Å². The van der Waals surface area contributed by atoms with Crippen molar-refractivity contribution in [1.29, 1.82) is 0 Å². The van der Waals surface area contributed by atoms with Gasteiger partial charge in [-0.2, -0.15) is 0 Å². The lowest BCUT2D eigenvalue weighted by Gasteiger charge is -2.59. The van der Waals surface area contributed by atoms with Gasteiger partial charge in [-0.1, -0.05) is 34.6 Å². The van der Waals surface area contributed by atoms with Crippen LogP contribution in [0.1, 0.15) is 220 Å². The zero-order valence-electron chi connectivity index (χ0n) is 47.4. The van der Waals surface area contributed by atoms with Gasteiger partial charge >= 0.3 is 35.8 Å². The molecule has 0 amide bonds. The molecule has 0 aromatic carbocycles. The molecule has 13 unspecified atom stereocenters. The summed E-state index contributed by atoms with van der Waals surface area (Å²) < 4.78 is 32.7. The molecule has 0 aromatic heterocycles. The quantitative estimate of drug-likeness (QED) is 0.105. The highest BCUT2D eigenvalue weighted by molar-refractivity contribution is 5.83. The lowest BCUT2D eigenvalue weighted by Crippen LogP contribution is -2.61. The normalized spacial score (nSPS) is 38.8. The zero-order valence-corrected chi connectivity index (χ0v) is 47.4. The van der Waals surface area contributed by atoms with Crippen molar-refractivity contribution in [3.8, 4) is 0 Å². The largest absolute Gasteiger partial charge is 0.463 e. The molecule has 8 saturated carbocycles. The highest BCUT2D eigenvalue weighted by Crippen LogP contribution is 2.71. The van der Waals surface area contributed by atoms with Gasteiger partial charge < -0.3 is 33.5 Å². The maximum absolute atomic E-state index is 12.7. The number of fused-ring (bicyclic) bond motifs is 9. The zero-order chi connectivity index (χ0) is 53.8. The van der Waals surface area contributed by atoms with E-state index in [9.17, 15) is 33.9 Å². The Balaban J connectivity index is 0.000000159. The molecule has 72 heavy (non-hydrogen) atoms. The molecule has 8 bridgehead atoms. The second-order valence-corrected chi connectivity index (χ2v) is 27.0. The van der Waals surface area contributed by atoms with Crippen LogP contribution in [0.15, 0.2) is 0 Å². The summed E-state index contributed by atoms with van der Waals surface area (Å²) in [6.07, 6.45) is 16.0. The predicted molar refractivity (Wildman–Crippen MR) is 273 cm³/mol. The molecule has 2 aliphatic heterocycles. The number of aliphatic hydroxyl groups is 1. The third-order valence-corrected chi connectivity index (χ3v) is 20.6. The first-order chi connectivity index (χ1) is 33.3. The molecule has 2 heterocycles. The second-order valence-electron chi connectivity index (χ2n) is 27.0. The number of hydrogen-bond acceptors (Lipinski definition) is 13. The number of ether oxygens (including phenoxy) is 6. The molecule has 13 nitrogen and oxygen atoms in total. The van der Waals surface area contributed by atoms with Crippen molar-refractivity contribution in [3.63, 3.8) is 0 Å². The SMILES string of the molecule is CCC(C)(C)C(=O)OC1(C)C(C)OC(=O)C1C.CCC(C)(C)C(=O)OC1(CC)CC2CC1C1C3CCC(C3)C21.CCC(C)(C)C(=O)OC12CC3CC(CC(O)(C3)C1)C2.CCC(C)(C)C(=O)OC1CCOC1=O. The smallest absolute Gasteiger partial charge is 0.347 e. The van der Waals surface area contributed by atoms with E-state index in [1.165, 1.54) is 32.1 Å². The minimum atomic E-state index is -0.861. The van der Waals surface area contributed by atoms with Gasteiger partial charge in [-0.3, -0.25) is 24.0 Å². The van der Waals surface area contributed by atoms with Crippen LogP contribution in [0, 0.1) is 74.9 Å². The van der Waals surface area contributed by atoms with Crippen LogP contribution in [0.5, 0.6) is 0 Å². The summed E-state index contributed by atoms with van der Waals surface area (Å²) in [6.45, 7) is 31.1. The molecule has 410 valence electrons. The van der Waals surface area contributed by atoms with E-state index in [1.54, 1.807) is 34.6 Å². The standard InChI is InChI=1S/C20H32O2.C16H26O3.C13H22O4.C10H16O4/c1-5-19(3,4)18(21)22-20(6-2)11-14-10-15(20)17-13-8-7-12(9-13)16(14)17;1-4-14(2,3)13(17)19-16-8-11-5-12(9-16)7-15(18,6-11)10-16;1-7-12(4,5)11(15)17-13(6)8(2)10(14)16-9(13)3;1-4-10(2,3)9(12)14-7-5-6-13-8(7)11/h12-17H,5-11H2,1-4H3;11-12,18H,4-10H2,1-3H3;8-9H,7H2,1-6H3;7H,4-6H2,1-3H3. The molecule has 10 fully saturated rings. The summed E-state index contributed by atoms with van der Waals surface area (Å²) in [5, 5.41) is 10.6. The second kappa shape index (κ2) is 21.1. The number of rotatable bonds is 13. The molecule has 10 rings (SSSR count). The molecule has 0 aromatic rings. The Morgan fingerprint density at radius 3 is 1.57 bits per heavy atom. The van der Waals surface area contributed by atoms with Crippen molar-refractivity contribution < 1.29 is 62.3 Å². The number of carbonyl (C=O) groups is 6. The van der Waals surface area contributed by atoms with E-state index in [0.29, 0.717) is 50.0 Å². The van der Waals surface area contributed by atoms with E-state index in [1.807, 2.05) is 62.3 Å². The van der Waals surface area contributed by atoms with Crippen molar-refractivity contribution in [2.75, 3.05) is 6.61 Å². The van der Waals surface area contributed by atoms with Gasteiger partial charge in [-0.15, -0.1) is 0 Å². The van der Waals surface area contributed by atoms with Gasteiger partial charge in [0.15, 0.2) is 5.60 Å². The molecule has 1 N–H and O–H groups in total. The molecular weight excluding hydrogens is 917 g/mol. The Morgan fingerprint density at radius 1 is 0.611 bits per heavy atom. The topological polar surface area (TPSA) is 178 Å². The average Bonchev–Trinajstić information content (AvgIpc) is 4.18. The van der Waals surface area contributed by atoms with Gasteiger partial charge in [0.05, 0.1) is 39.8 Å². The summed E-state index contributed by atoms with van der Waals surface area (Å²) in [4.78, 5) is 71.2. The number of esters is 6. The molecule has 10 aliphatic rings. The molecule has 0 radical (unpaired) electrons. The lowest BCUT2D eigenvalue weighted by atomic mass is 9.52. The van der Waals surface area contributed by atoms with Crippen molar-refractivity contribution in [3.05, 3.63) is 0 Å². The summed E-state index contributed by atoms with van der Waals surface area (Å²) in [5.41, 5.74) is -3.70. The van der Waals surface area contributed by atoms with Crippen molar-refractivity contribution >= 4 is 35.8 Å². The van der Waals surface area contributed by atoms with Crippen LogP contribution in [-0.2, 0) is 57.2 Å². The van der Waals surface area contributed by atoms with Gasteiger partial charge in [0.25, 0.3) is 0 Å². The molecule has 13 atom stereocenters. The van der Waals surface area contributed by atoms with E-state index in [0.717, 1.165) is 81.0 Å². The van der Waals surface area contributed by atoms with Gasteiger partial charge in [-0.25, -0.2) is 4.79 Å². The highest BCUT2D eigenvalue weighted by atomic mass is 16.6. The Kier molecular flexibility index (Phi) is 17.0. The van der Waals surface area contributed by atoms with Crippen LogP contribution < -0.4 is 0 Å². The van der Waals surface area contributed by atoms with Crippen molar-refractivity contribution in [2.24, 2.45) is 74.9 Å². The fourth-order valence-corrected chi connectivity index (χ4v) is 14.1. The van der Waals surface area contributed by atoms with Crippen LogP contribution in [0.3, 0.4) is 0 Å². The Morgan fingerprint density at radius 2 is 1.11 bits per heavy atom. The van der Waals surface area contributed by atoms with E-state index in [2.05, 4.69) is 13.8 Å². The fraction of sp³-hybridized carbons (Fsp3) is 0.898. The molecule has 0 spiro atoms. The first kappa shape index (κ1) is 58.0. The molecule has 2 saturated heterocycles. The summed E-state index contributed by atoms with van der Waals surface area (Å²) in [6, 6.07) is 0. The Labute approximate surface area is 432 Å². The van der Waals surface area contributed by atoms with Crippen molar-refractivity contribution in [2.45, 2.75) is 255 Å². The summed E-state index contributed by atoms with van der Waals surface area (Å²) in [5.74, 6) is 4.68. The number of carbonyl (C=O) groups excluding carboxylic acids is 6. The van der Waals surface area contributed by atoms with Crippen LogP contribution >= 0.6 is 0 Å². The average molecular weight is 1010 g/mol. The first-order valence-electron chi connectivity index (χ1n) is 28.3. The number of hydrogen-bond donors (Lipinski definition) is 1. The molecule has 13 heteroatoms. The van der Waals surface area contributed by atoms with Crippen LogP contribution in [0.25, 0.3) is 0 Å². The first-order valence-corrected chi connectivity index (χ1v) is 28.3. The Bertz CT molecular complexity index is 2000.